The fourth-order valence-corrected chi connectivity index (χ4v) is 7.14. The van der Waals surface area contributed by atoms with E-state index in [2.05, 4.69) is 35.5 Å². The Labute approximate surface area is 332 Å². The molecule has 0 bridgehead atoms. The van der Waals surface area contributed by atoms with Crippen LogP contribution in [0.4, 0.5) is 0 Å². The van der Waals surface area contributed by atoms with Gasteiger partial charge >= 0.3 is 10.4 Å². The third-order valence-electron chi connectivity index (χ3n) is 10.1. The maximum absolute atomic E-state index is 13.0. The van der Waals surface area contributed by atoms with Crippen molar-refractivity contribution in [1.82, 2.24) is 5.32 Å². The maximum Gasteiger partial charge on any atom is 0.397 e. The smallest absolute Gasteiger partial charge is 0.394 e. The van der Waals surface area contributed by atoms with Gasteiger partial charge in [0.25, 0.3) is 0 Å². The third-order valence-corrected chi connectivity index (χ3v) is 10.5. The lowest BCUT2D eigenvalue weighted by atomic mass is 9.99. The van der Waals surface area contributed by atoms with Gasteiger partial charge in [-0.3, -0.25) is 9.35 Å². The minimum Gasteiger partial charge on any atom is -0.394 e. The Morgan fingerprint density at radius 2 is 1.20 bits per heavy atom. The summed E-state index contributed by atoms with van der Waals surface area (Å²) in [6.45, 7) is 3.14. The molecule has 1 saturated heterocycles. The van der Waals surface area contributed by atoms with Crippen molar-refractivity contribution in [2.75, 3.05) is 13.2 Å². The first-order valence-electron chi connectivity index (χ1n) is 21.3. The number of hydrogen-bond acceptors (Lipinski definition) is 11. The average molecular weight is 808 g/mol. The number of carbonyl (C=O) groups is 1. The summed E-state index contributed by atoms with van der Waals surface area (Å²) < 4.78 is 47.3. The van der Waals surface area contributed by atoms with Crippen molar-refractivity contribution in [3.8, 4) is 0 Å². The predicted molar refractivity (Wildman–Crippen MR) is 215 cm³/mol. The summed E-state index contributed by atoms with van der Waals surface area (Å²) in [5, 5.41) is 54.8. The topological polar surface area (TPSA) is 212 Å². The molecule has 0 aromatic heterocycles. The van der Waals surface area contributed by atoms with Crippen LogP contribution in [0.1, 0.15) is 168 Å². The van der Waals surface area contributed by atoms with Gasteiger partial charge < -0.3 is 40.3 Å². The number of hydrogen-bond donors (Lipinski definition) is 7. The van der Waals surface area contributed by atoms with Crippen LogP contribution in [0.15, 0.2) is 24.3 Å². The van der Waals surface area contributed by atoms with Crippen molar-refractivity contribution in [2.45, 2.75) is 217 Å². The number of nitrogens with one attached hydrogen (secondary N) is 1. The van der Waals surface area contributed by atoms with Crippen LogP contribution in [0.3, 0.4) is 0 Å². The molecule has 0 aliphatic carbocycles. The molecule has 7 N–H and O–H groups in total. The summed E-state index contributed by atoms with van der Waals surface area (Å²) in [4.78, 5) is 13.0. The molecule has 0 spiro atoms. The van der Waals surface area contributed by atoms with Gasteiger partial charge in [-0.2, -0.15) is 8.42 Å². The Kier molecular flexibility index (Phi) is 30.5. The molecule has 1 fully saturated rings. The Balaban J connectivity index is 2.55. The highest BCUT2D eigenvalue weighted by Crippen LogP contribution is 2.26. The minimum absolute atomic E-state index is 0.236. The Bertz CT molecular complexity index is 1110. The molecule has 1 rings (SSSR count). The van der Waals surface area contributed by atoms with Crippen LogP contribution in [-0.2, 0) is 28.9 Å². The highest BCUT2D eigenvalue weighted by molar-refractivity contribution is 7.80. The standard InChI is InChI=1S/C41H77NO12S/c1-3-5-7-9-11-13-14-15-16-17-18-19-20-21-22-24-26-28-30-35(45)40(48)42-33(34(44)29-27-25-23-12-10-8-6-4-2)32-52-41-38(47)39(54-55(49,50)51)37(46)36(31-43)53-41/h17-18,27,29,33-39,41,43-47H,3-16,19-26,28,30-32H2,1-2H3,(H,42,48)(H,49,50,51)/b18-17-,29-27+. The van der Waals surface area contributed by atoms with E-state index in [1.165, 1.54) is 70.3 Å². The summed E-state index contributed by atoms with van der Waals surface area (Å²) in [5.74, 6) is -0.711. The number of allylic oxidation sites excluding steroid dienone is 3. The van der Waals surface area contributed by atoms with Gasteiger partial charge in [-0.15, -0.1) is 0 Å². The fourth-order valence-electron chi connectivity index (χ4n) is 6.63. The molecular formula is C41H77NO12S. The summed E-state index contributed by atoms with van der Waals surface area (Å²) >= 11 is 0. The van der Waals surface area contributed by atoms with Crippen molar-refractivity contribution in [3.05, 3.63) is 24.3 Å². The molecule has 8 unspecified atom stereocenters. The van der Waals surface area contributed by atoms with Crippen LogP contribution in [0.2, 0.25) is 0 Å². The molecular weight excluding hydrogens is 731 g/mol. The molecule has 0 aromatic carbocycles. The fraction of sp³-hybridized carbons (Fsp3) is 0.878. The number of aliphatic hydroxyl groups excluding tert-OH is 5. The first-order chi connectivity index (χ1) is 26.4. The molecule has 0 radical (unpaired) electrons. The van der Waals surface area contributed by atoms with Gasteiger partial charge in [-0.05, 0) is 44.9 Å². The Hall–Kier alpha value is -1.46. The highest BCUT2D eigenvalue weighted by atomic mass is 32.3. The first-order valence-corrected chi connectivity index (χ1v) is 22.7. The second-order valence-electron chi connectivity index (χ2n) is 15.1. The van der Waals surface area contributed by atoms with Crippen LogP contribution >= 0.6 is 0 Å². The van der Waals surface area contributed by atoms with Gasteiger partial charge in [-0.25, -0.2) is 4.18 Å². The maximum atomic E-state index is 13.0. The third kappa shape index (κ3) is 25.5. The van der Waals surface area contributed by atoms with Crippen LogP contribution in [0.25, 0.3) is 0 Å². The highest BCUT2D eigenvalue weighted by Gasteiger charge is 2.48. The van der Waals surface area contributed by atoms with Crippen LogP contribution < -0.4 is 5.32 Å². The van der Waals surface area contributed by atoms with E-state index in [1.807, 2.05) is 0 Å². The van der Waals surface area contributed by atoms with Crippen LogP contribution in [0, 0.1) is 0 Å². The van der Waals surface area contributed by atoms with Crippen LogP contribution in [0.5, 0.6) is 0 Å². The Morgan fingerprint density at radius 3 is 1.69 bits per heavy atom. The zero-order valence-electron chi connectivity index (χ0n) is 33.9. The lowest BCUT2D eigenvalue weighted by molar-refractivity contribution is -0.298. The van der Waals surface area contributed by atoms with E-state index in [1.54, 1.807) is 6.08 Å². The second-order valence-corrected chi connectivity index (χ2v) is 16.1. The van der Waals surface area contributed by atoms with Crippen molar-refractivity contribution in [2.24, 2.45) is 0 Å². The number of ether oxygens (including phenoxy) is 2. The van der Waals surface area contributed by atoms with E-state index in [0.29, 0.717) is 12.8 Å². The largest absolute Gasteiger partial charge is 0.397 e. The van der Waals surface area contributed by atoms with E-state index < -0.39 is 78.5 Å². The van der Waals surface area contributed by atoms with Gasteiger partial charge in [0.1, 0.15) is 30.5 Å². The van der Waals surface area contributed by atoms with Crippen molar-refractivity contribution in [3.63, 3.8) is 0 Å². The number of rotatable bonds is 35. The summed E-state index contributed by atoms with van der Waals surface area (Å²) in [6.07, 6.45) is 22.9. The van der Waals surface area contributed by atoms with E-state index in [4.69, 9.17) is 14.0 Å². The second kappa shape index (κ2) is 32.5. The first kappa shape index (κ1) is 51.6. The molecule has 14 heteroatoms. The molecule has 324 valence electrons. The SMILES string of the molecule is CCCCCCCC/C=C/C(O)C(COC1OC(CO)C(O)C(OS(=O)(=O)O)C1O)NC(=O)C(O)CCCCCCCC/C=C\CCCCCCCCCC. The minimum atomic E-state index is -5.11. The van der Waals surface area contributed by atoms with Gasteiger partial charge in [0.2, 0.25) is 5.91 Å². The van der Waals surface area contributed by atoms with Gasteiger partial charge in [-0.1, -0.05) is 147 Å². The van der Waals surface area contributed by atoms with Crippen LogP contribution in [-0.4, -0.2) is 107 Å². The van der Waals surface area contributed by atoms with Crippen molar-refractivity contribution in [1.29, 1.82) is 0 Å². The molecule has 13 nitrogen and oxygen atoms in total. The molecule has 0 aromatic rings. The monoisotopic (exact) mass is 808 g/mol. The summed E-state index contributed by atoms with van der Waals surface area (Å²) in [6, 6.07) is -1.12. The molecule has 1 amide bonds. The zero-order chi connectivity index (χ0) is 40.7. The normalized spacial score (nSPS) is 22.4. The van der Waals surface area contributed by atoms with Crippen molar-refractivity contribution < 1.29 is 57.0 Å². The molecule has 1 aliphatic rings. The van der Waals surface area contributed by atoms with Crippen molar-refractivity contribution >= 4 is 16.3 Å². The molecule has 1 heterocycles. The lowest BCUT2D eigenvalue weighted by Crippen LogP contribution is -2.61. The number of aliphatic hydroxyl groups is 5. The molecule has 8 atom stereocenters. The lowest BCUT2D eigenvalue weighted by Gasteiger charge is -2.41. The average Bonchev–Trinajstić information content (AvgIpc) is 3.15. The number of amides is 1. The van der Waals surface area contributed by atoms with Gasteiger partial charge in [0.15, 0.2) is 6.29 Å². The van der Waals surface area contributed by atoms with E-state index in [0.717, 1.165) is 70.6 Å². The molecule has 55 heavy (non-hydrogen) atoms. The zero-order valence-corrected chi connectivity index (χ0v) is 34.7. The Morgan fingerprint density at radius 1 is 0.727 bits per heavy atom. The number of carbonyl (C=O) groups excluding carboxylic acids is 1. The quantitative estimate of drug-likeness (QED) is 0.0212. The van der Waals surface area contributed by atoms with E-state index in [-0.39, 0.29) is 6.42 Å². The summed E-state index contributed by atoms with van der Waals surface area (Å²) in [7, 11) is -5.11. The van der Waals surface area contributed by atoms with Gasteiger partial charge in [0.05, 0.1) is 25.4 Å². The number of unbranched alkanes of at least 4 members (excludes halogenated alkanes) is 20. The molecule has 0 saturated carbocycles. The predicted octanol–water partition coefficient (Wildman–Crippen LogP) is 6.35. The summed E-state index contributed by atoms with van der Waals surface area (Å²) in [5.41, 5.74) is 0. The van der Waals surface area contributed by atoms with Gasteiger partial charge in [0, 0.05) is 0 Å². The molecule has 1 aliphatic heterocycles. The van der Waals surface area contributed by atoms with E-state index >= 15 is 0 Å². The van der Waals surface area contributed by atoms with E-state index in [9.17, 15) is 38.7 Å².